The fourth-order valence-electron chi connectivity index (χ4n) is 2.89. The molecule has 0 aliphatic carbocycles. The van der Waals surface area contributed by atoms with Crippen molar-refractivity contribution in [2.45, 2.75) is 30.2 Å². The smallest absolute Gasteiger partial charge is 0.243 e. The van der Waals surface area contributed by atoms with Gasteiger partial charge in [0.05, 0.1) is 22.8 Å². The number of carbonyl (C=O) groups excluding carboxylic acids is 2. The highest BCUT2D eigenvalue weighted by atomic mass is 32.2. The fourth-order valence-corrected chi connectivity index (χ4v) is 4.91. The molecule has 2 atom stereocenters. The molecule has 1 amide bonds. The highest BCUT2D eigenvalue weighted by Crippen LogP contribution is 2.24. The number of carboxylic acids is 1. The van der Waals surface area contributed by atoms with Crippen LogP contribution in [0.5, 0.6) is 0 Å². The van der Waals surface area contributed by atoms with Crippen molar-refractivity contribution >= 4 is 33.7 Å². The van der Waals surface area contributed by atoms with E-state index in [0.29, 0.717) is 25.1 Å². The van der Waals surface area contributed by atoms with Crippen LogP contribution < -0.4 is 10.4 Å². The lowest BCUT2D eigenvalue weighted by Gasteiger charge is -2.32. The Hall–Kier alpha value is -1.58. The van der Waals surface area contributed by atoms with E-state index in [0.717, 1.165) is 0 Å². The van der Waals surface area contributed by atoms with Crippen LogP contribution >= 0.6 is 11.8 Å². The van der Waals surface area contributed by atoms with Crippen LogP contribution in [0.4, 0.5) is 0 Å². The Labute approximate surface area is 158 Å². The Balaban J connectivity index is 2.05. The summed E-state index contributed by atoms with van der Waals surface area (Å²) < 4.78 is 26.7. The van der Waals surface area contributed by atoms with E-state index in [-0.39, 0.29) is 17.9 Å². The summed E-state index contributed by atoms with van der Waals surface area (Å²) in [6, 6.07) is 7.02. The molecule has 0 aromatic heterocycles. The van der Waals surface area contributed by atoms with Crippen molar-refractivity contribution < 1.29 is 23.1 Å². The minimum absolute atomic E-state index is 0.0470. The average Bonchev–Trinajstić information content (AvgIpc) is 2.65. The van der Waals surface area contributed by atoms with Crippen LogP contribution in [0.1, 0.15) is 19.3 Å². The van der Waals surface area contributed by atoms with Gasteiger partial charge in [-0.2, -0.15) is 16.1 Å². The molecule has 0 saturated carbocycles. The number of hydrogen-bond acceptors (Lipinski definition) is 6. The lowest BCUT2D eigenvalue weighted by Crippen LogP contribution is -2.52. The molecule has 1 fully saturated rings. The molecular weight excluding hydrogens is 376 g/mol. The minimum Gasteiger partial charge on any atom is -0.548 e. The third kappa shape index (κ3) is 5.21. The summed E-state index contributed by atoms with van der Waals surface area (Å²) >= 11 is 1.48. The standard InChI is InChI=1S/C17H24N2O5S2/c1-25-11-9-15(17(21)22)18-16(20)13-6-5-10-19(12-13)26(23,24)14-7-3-2-4-8-14/h2-4,7-8,13,15H,5-6,9-12H2,1H3,(H,18,20)(H,21,22)/p-1/t13-,15-/m0/s1. The second kappa shape index (κ2) is 9.38. The Morgan fingerprint density at radius 2 is 2.04 bits per heavy atom. The molecule has 2 rings (SSSR count). The highest BCUT2D eigenvalue weighted by molar-refractivity contribution is 7.98. The number of piperidine rings is 1. The maximum Gasteiger partial charge on any atom is 0.243 e. The average molecular weight is 400 g/mol. The Bertz CT molecular complexity index is 724. The van der Waals surface area contributed by atoms with Crippen molar-refractivity contribution in [2.24, 2.45) is 5.92 Å². The molecule has 0 spiro atoms. The first-order valence-corrected chi connectivity index (χ1v) is 11.2. The number of thioether (sulfide) groups is 1. The molecule has 1 aliphatic heterocycles. The number of sulfonamides is 1. The topological polar surface area (TPSA) is 107 Å². The van der Waals surface area contributed by atoms with Crippen LogP contribution in [0.3, 0.4) is 0 Å². The van der Waals surface area contributed by atoms with Gasteiger partial charge in [0.15, 0.2) is 0 Å². The van der Waals surface area contributed by atoms with Crippen molar-refractivity contribution in [2.75, 3.05) is 25.1 Å². The number of carboxylic acid groups (broad SMARTS) is 1. The number of rotatable bonds is 8. The van der Waals surface area contributed by atoms with E-state index >= 15 is 0 Å². The van der Waals surface area contributed by atoms with E-state index in [2.05, 4.69) is 5.32 Å². The van der Waals surface area contributed by atoms with Crippen LogP contribution in [-0.2, 0) is 19.6 Å². The third-order valence-electron chi connectivity index (χ3n) is 4.35. The quantitative estimate of drug-likeness (QED) is 0.663. The monoisotopic (exact) mass is 399 g/mol. The second-order valence-corrected chi connectivity index (χ2v) is 9.10. The minimum atomic E-state index is -3.67. The van der Waals surface area contributed by atoms with Crippen LogP contribution in [0.2, 0.25) is 0 Å². The molecule has 1 aromatic rings. The van der Waals surface area contributed by atoms with E-state index in [4.69, 9.17) is 0 Å². The largest absolute Gasteiger partial charge is 0.548 e. The summed E-state index contributed by atoms with van der Waals surface area (Å²) in [5.41, 5.74) is 0. The van der Waals surface area contributed by atoms with Gasteiger partial charge < -0.3 is 15.2 Å². The Morgan fingerprint density at radius 1 is 1.35 bits per heavy atom. The summed E-state index contributed by atoms with van der Waals surface area (Å²) in [6.07, 6.45) is 3.19. The number of nitrogens with one attached hydrogen (secondary N) is 1. The zero-order valence-corrected chi connectivity index (χ0v) is 16.2. The van der Waals surface area contributed by atoms with Gasteiger partial charge in [0, 0.05) is 13.1 Å². The molecule has 1 aliphatic rings. The molecule has 1 aromatic carbocycles. The van der Waals surface area contributed by atoms with Crippen molar-refractivity contribution in [3.63, 3.8) is 0 Å². The van der Waals surface area contributed by atoms with Gasteiger partial charge >= 0.3 is 0 Å². The summed E-state index contributed by atoms with van der Waals surface area (Å²) in [6.45, 7) is 0.392. The van der Waals surface area contributed by atoms with Gasteiger partial charge in [-0.05, 0) is 43.4 Å². The van der Waals surface area contributed by atoms with E-state index in [1.54, 1.807) is 18.2 Å². The fraction of sp³-hybridized carbons (Fsp3) is 0.529. The first-order chi connectivity index (χ1) is 12.4. The maximum absolute atomic E-state index is 12.7. The highest BCUT2D eigenvalue weighted by Gasteiger charge is 2.33. The van der Waals surface area contributed by atoms with Crippen LogP contribution in [0.25, 0.3) is 0 Å². The Morgan fingerprint density at radius 3 is 2.65 bits per heavy atom. The summed E-state index contributed by atoms with van der Waals surface area (Å²) in [4.78, 5) is 23.8. The zero-order valence-electron chi connectivity index (χ0n) is 14.6. The molecule has 0 bridgehead atoms. The SMILES string of the molecule is CSCC[C@H](NC(=O)[C@H]1CCCN(S(=O)(=O)c2ccccc2)C1)C(=O)[O-]. The zero-order chi connectivity index (χ0) is 19.2. The molecule has 7 nitrogen and oxygen atoms in total. The molecule has 1 heterocycles. The van der Waals surface area contributed by atoms with Crippen molar-refractivity contribution in [1.29, 1.82) is 0 Å². The second-order valence-electron chi connectivity index (χ2n) is 6.18. The molecule has 0 unspecified atom stereocenters. The maximum atomic E-state index is 12.7. The van der Waals surface area contributed by atoms with E-state index in [1.807, 2.05) is 6.26 Å². The normalized spacial score (nSPS) is 19.7. The third-order valence-corrected chi connectivity index (χ3v) is 6.87. The number of nitrogens with zero attached hydrogens (tertiary/aromatic N) is 1. The van der Waals surface area contributed by atoms with Crippen molar-refractivity contribution in [1.82, 2.24) is 9.62 Å². The molecule has 9 heteroatoms. The van der Waals surface area contributed by atoms with Gasteiger partial charge in [0.25, 0.3) is 0 Å². The molecule has 1 saturated heterocycles. The first kappa shape index (κ1) is 20.7. The van der Waals surface area contributed by atoms with Crippen molar-refractivity contribution in [3.05, 3.63) is 30.3 Å². The predicted octanol–water partition coefficient (Wildman–Crippen LogP) is 0.0751. The summed E-state index contributed by atoms with van der Waals surface area (Å²) in [5.74, 6) is -1.75. The summed E-state index contributed by atoms with van der Waals surface area (Å²) in [5, 5.41) is 13.7. The van der Waals surface area contributed by atoms with Gasteiger partial charge in [-0.25, -0.2) is 8.42 Å². The predicted molar refractivity (Wildman–Crippen MR) is 97.9 cm³/mol. The number of hydrogen-bond donors (Lipinski definition) is 1. The first-order valence-electron chi connectivity index (χ1n) is 8.41. The Kier molecular flexibility index (Phi) is 7.48. The van der Waals surface area contributed by atoms with Gasteiger partial charge in [-0.3, -0.25) is 4.79 Å². The van der Waals surface area contributed by atoms with Crippen LogP contribution in [0, 0.1) is 5.92 Å². The molecule has 144 valence electrons. The van der Waals surface area contributed by atoms with E-state index in [9.17, 15) is 23.1 Å². The van der Waals surface area contributed by atoms with Gasteiger partial charge in [0.1, 0.15) is 0 Å². The van der Waals surface area contributed by atoms with Gasteiger partial charge in [-0.1, -0.05) is 18.2 Å². The molecule has 1 N–H and O–H groups in total. The molecule has 0 radical (unpaired) electrons. The molecular formula is C17H23N2O5S2-. The van der Waals surface area contributed by atoms with Crippen LogP contribution in [-0.4, -0.2) is 55.7 Å². The van der Waals surface area contributed by atoms with Gasteiger partial charge in [0.2, 0.25) is 15.9 Å². The lowest BCUT2D eigenvalue weighted by atomic mass is 9.98. The number of aliphatic carboxylic acids is 1. The lowest BCUT2D eigenvalue weighted by molar-refractivity contribution is -0.308. The van der Waals surface area contributed by atoms with E-state index < -0.39 is 33.9 Å². The van der Waals surface area contributed by atoms with Gasteiger partial charge in [-0.15, -0.1) is 0 Å². The number of carbonyl (C=O) groups is 2. The molecule has 26 heavy (non-hydrogen) atoms. The van der Waals surface area contributed by atoms with Crippen LogP contribution in [0.15, 0.2) is 35.2 Å². The summed E-state index contributed by atoms with van der Waals surface area (Å²) in [7, 11) is -3.67. The number of benzene rings is 1. The van der Waals surface area contributed by atoms with Crippen molar-refractivity contribution in [3.8, 4) is 0 Å². The number of amides is 1. The van der Waals surface area contributed by atoms with E-state index in [1.165, 1.54) is 28.2 Å².